The zero-order chi connectivity index (χ0) is 13.0. The lowest BCUT2D eigenvalue weighted by Crippen LogP contribution is -2.08. The molecule has 0 aliphatic carbocycles. The molecule has 4 heteroatoms. The van der Waals surface area contributed by atoms with Crippen LogP contribution in [0.1, 0.15) is 11.6 Å². The van der Waals surface area contributed by atoms with E-state index in [0.29, 0.717) is 10.6 Å². The van der Waals surface area contributed by atoms with Gasteiger partial charge in [0, 0.05) is 10.7 Å². The van der Waals surface area contributed by atoms with E-state index in [9.17, 15) is 10.4 Å². The number of halogens is 1. The molecule has 0 aromatic heterocycles. The molecule has 2 rings (SSSR count). The fourth-order valence-electron chi connectivity index (χ4n) is 1.64. The third kappa shape index (κ3) is 2.93. The molecule has 0 aliphatic rings. The Labute approximate surface area is 110 Å². The van der Waals surface area contributed by atoms with Crippen molar-refractivity contribution in [3.05, 3.63) is 59.1 Å². The van der Waals surface area contributed by atoms with E-state index in [1.807, 2.05) is 12.1 Å². The first-order chi connectivity index (χ1) is 8.69. The molecule has 1 unspecified atom stereocenters. The summed E-state index contributed by atoms with van der Waals surface area (Å²) in [6.07, 6.45) is 0. The molecule has 2 aromatic carbocycles. The number of nitrogens with zero attached hydrogens (tertiary/aromatic N) is 1. The van der Waals surface area contributed by atoms with Crippen LogP contribution in [0.4, 0.5) is 5.69 Å². The summed E-state index contributed by atoms with van der Waals surface area (Å²) >= 11 is 5.88. The third-order valence-corrected chi connectivity index (χ3v) is 2.70. The van der Waals surface area contributed by atoms with Gasteiger partial charge in [0.1, 0.15) is 11.8 Å². The standard InChI is InChI=1S/C14H11ClN2O/c15-11-4-2-5-12(8-11)17-14(9-16)10-3-1-6-13(18)7-10/h1-8,14,17-18H. The van der Waals surface area contributed by atoms with E-state index < -0.39 is 6.04 Å². The summed E-state index contributed by atoms with van der Waals surface area (Å²) in [5.41, 5.74) is 1.47. The Morgan fingerprint density at radius 1 is 1.17 bits per heavy atom. The lowest BCUT2D eigenvalue weighted by atomic mass is 10.1. The SMILES string of the molecule is N#CC(Nc1cccc(Cl)c1)c1cccc(O)c1. The molecular weight excluding hydrogens is 248 g/mol. The minimum Gasteiger partial charge on any atom is -0.508 e. The number of anilines is 1. The van der Waals surface area contributed by atoms with E-state index in [2.05, 4.69) is 11.4 Å². The Balaban J connectivity index is 2.23. The highest BCUT2D eigenvalue weighted by Gasteiger charge is 2.10. The summed E-state index contributed by atoms with van der Waals surface area (Å²) in [5, 5.41) is 22.2. The number of hydrogen-bond acceptors (Lipinski definition) is 3. The van der Waals surface area contributed by atoms with E-state index in [1.54, 1.807) is 36.4 Å². The van der Waals surface area contributed by atoms with Gasteiger partial charge in [0.05, 0.1) is 6.07 Å². The Hall–Kier alpha value is -2.18. The van der Waals surface area contributed by atoms with Crippen molar-refractivity contribution in [2.75, 3.05) is 5.32 Å². The number of aromatic hydroxyl groups is 1. The van der Waals surface area contributed by atoms with Crippen molar-refractivity contribution in [3.63, 3.8) is 0 Å². The molecule has 0 saturated carbocycles. The Morgan fingerprint density at radius 2 is 1.94 bits per heavy atom. The molecule has 0 bridgehead atoms. The van der Waals surface area contributed by atoms with Gasteiger partial charge in [-0.3, -0.25) is 0 Å². The molecule has 0 saturated heterocycles. The number of nitrogens with one attached hydrogen (secondary N) is 1. The van der Waals surface area contributed by atoms with Crippen molar-refractivity contribution in [2.24, 2.45) is 0 Å². The van der Waals surface area contributed by atoms with E-state index in [-0.39, 0.29) is 5.75 Å². The number of phenols is 1. The summed E-state index contributed by atoms with van der Waals surface area (Å²) in [4.78, 5) is 0. The van der Waals surface area contributed by atoms with Crippen LogP contribution in [-0.2, 0) is 0 Å². The van der Waals surface area contributed by atoms with Gasteiger partial charge in [0.15, 0.2) is 0 Å². The van der Waals surface area contributed by atoms with Gasteiger partial charge < -0.3 is 10.4 Å². The molecular formula is C14H11ClN2O. The van der Waals surface area contributed by atoms with Crippen LogP contribution in [0.5, 0.6) is 5.75 Å². The van der Waals surface area contributed by atoms with Gasteiger partial charge in [-0.15, -0.1) is 0 Å². The fraction of sp³-hybridized carbons (Fsp3) is 0.0714. The van der Waals surface area contributed by atoms with Crippen LogP contribution < -0.4 is 5.32 Å². The van der Waals surface area contributed by atoms with Crippen molar-refractivity contribution >= 4 is 17.3 Å². The molecule has 0 amide bonds. The molecule has 0 fully saturated rings. The highest BCUT2D eigenvalue weighted by Crippen LogP contribution is 2.23. The fourth-order valence-corrected chi connectivity index (χ4v) is 1.83. The number of hydrogen-bond donors (Lipinski definition) is 2. The Kier molecular flexibility index (Phi) is 3.71. The molecule has 2 N–H and O–H groups in total. The summed E-state index contributed by atoms with van der Waals surface area (Å²) in [7, 11) is 0. The first-order valence-corrected chi connectivity index (χ1v) is 5.77. The molecule has 18 heavy (non-hydrogen) atoms. The zero-order valence-electron chi connectivity index (χ0n) is 9.47. The predicted molar refractivity (Wildman–Crippen MR) is 71.5 cm³/mol. The normalized spacial score (nSPS) is 11.6. The maximum Gasteiger partial charge on any atom is 0.140 e. The highest BCUT2D eigenvalue weighted by atomic mass is 35.5. The van der Waals surface area contributed by atoms with Crippen LogP contribution in [0.3, 0.4) is 0 Å². The summed E-state index contributed by atoms with van der Waals surface area (Å²) < 4.78 is 0. The minimum absolute atomic E-state index is 0.139. The van der Waals surface area contributed by atoms with E-state index in [0.717, 1.165) is 5.69 Å². The van der Waals surface area contributed by atoms with Crippen molar-refractivity contribution < 1.29 is 5.11 Å². The molecule has 1 atom stereocenters. The van der Waals surface area contributed by atoms with Crippen LogP contribution in [0.2, 0.25) is 5.02 Å². The highest BCUT2D eigenvalue weighted by molar-refractivity contribution is 6.30. The maximum atomic E-state index is 9.41. The lowest BCUT2D eigenvalue weighted by molar-refractivity contribution is 0.474. The molecule has 0 heterocycles. The minimum atomic E-state index is -0.532. The zero-order valence-corrected chi connectivity index (χ0v) is 10.2. The molecule has 0 spiro atoms. The van der Waals surface area contributed by atoms with Crippen molar-refractivity contribution in [2.45, 2.75) is 6.04 Å². The van der Waals surface area contributed by atoms with Crippen LogP contribution in [0.25, 0.3) is 0 Å². The third-order valence-electron chi connectivity index (χ3n) is 2.47. The van der Waals surface area contributed by atoms with E-state index in [4.69, 9.17) is 11.6 Å². The van der Waals surface area contributed by atoms with Gasteiger partial charge >= 0.3 is 0 Å². The maximum absolute atomic E-state index is 9.41. The average Bonchev–Trinajstić information content (AvgIpc) is 2.36. The second kappa shape index (κ2) is 5.44. The van der Waals surface area contributed by atoms with E-state index in [1.165, 1.54) is 0 Å². The quantitative estimate of drug-likeness (QED) is 0.882. The summed E-state index contributed by atoms with van der Waals surface area (Å²) in [5.74, 6) is 0.139. The Bertz CT molecular complexity index is 592. The second-order valence-corrected chi connectivity index (χ2v) is 4.25. The largest absolute Gasteiger partial charge is 0.508 e. The van der Waals surface area contributed by atoms with Gasteiger partial charge in [-0.1, -0.05) is 29.8 Å². The van der Waals surface area contributed by atoms with Gasteiger partial charge in [-0.2, -0.15) is 5.26 Å². The smallest absolute Gasteiger partial charge is 0.140 e. The molecule has 0 radical (unpaired) electrons. The summed E-state index contributed by atoms with van der Waals surface area (Å²) in [6.45, 7) is 0. The molecule has 90 valence electrons. The number of nitriles is 1. The number of phenolic OH excluding ortho intramolecular Hbond substituents is 1. The van der Waals surface area contributed by atoms with Gasteiger partial charge in [-0.25, -0.2) is 0 Å². The van der Waals surface area contributed by atoms with Crippen molar-refractivity contribution in [1.82, 2.24) is 0 Å². The van der Waals surface area contributed by atoms with Crippen LogP contribution in [-0.4, -0.2) is 5.11 Å². The van der Waals surface area contributed by atoms with Crippen molar-refractivity contribution in [3.8, 4) is 11.8 Å². The number of benzene rings is 2. The average molecular weight is 259 g/mol. The van der Waals surface area contributed by atoms with Crippen LogP contribution in [0, 0.1) is 11.3 Å². The number of rotatable bonds is 3. The van der Waals surface area contributed by atoms with Crippen molar-refractivity contribution in [1.29, 1.82) is 5.26 Å². The first-order valence-electron chi connectivity index (χ1n) is 5.39. The van der Waals surface area contributed by atoms with Crippen LogP contribution >= 0.6 is 11.6 Å². The van der Waals surface area contributed by atoms with Crippen LogP contribution in [0.15, 0.2) is 48.5 Å². The van der Waals surface area contributed by atoms with Gasteiger partial charge in [0.2, 0.25) is 0 Å². The topological polar surface area (TPSA) is 56.0 Å². The van der Waals surface area contributed by atoms with E-state index >= 15 is 0 Å². The summed E-state index contributed by atoms with van der Waals surface area (Å²) in [6, 6.07) is 15.4. The monoisotopic (exact) mass is 258 g/mol. The van der Waals surface area contributed by atoms with Gasteiger partial charge in [-0.05, 0) is 35.9 Å². The second-order valence-electron chi connectivity index (χ2n) is 3.81. The van der Waals surface area contributed by atoms with Gasteiger partial charge in [0.25, 0.3) is 0 Å². The lowest BCUT2D eigenvalue weighted by Gasteiger charge is -2.13. The Morgan fingerprint density at radius 3 is 2.61 bits per heavy atom. The molecule has 3 nitrogen and oxygen atoms in total. The molecule has 0 aliphatic heterocycles. The molecule has 2 aromatic rings. The first kappa shape index (κ1) is 12.3. The predicted octanol–water partition coefficient (Wildman–Crippen LogP) is 3.72.